The Bertz CT molecular complexity index is 399. The lowest BCUT2D eigenvalue weighted by molar-refractivity contribution is 0.385. The number of hydrogen-bond donors (Lipinski definition) is 1. The Balaban J connectivity index is 2.20. The largest absolute Gasteiger partial charge is 0.370 e. The molecule has 0 amide bonds. The normalized spacial score (nSPS) is 20.5. The molecule has 15 heavy (non-hydrogen) atoms. The van der Waals surface area contributed by atoms with Gasteiger partial charge < -0.3 is 10.6 Å². The monoisotopic (exact) mass is 285 g/mol. The van der Waals surface area contributed by atoms with Gasteiger partial charge in [-0.15, -0.1) is 17.9 Å². The van der Waals surface area contributed by atoms with Crippen molar-refractivity contribution in [1.29, 1.82) is 0 Å². The van der Waals surface area contributed by atoms with E-state index in [1.165, 1.54) is 4.88 Å². The van der Waals surface area contributed by atoms with E-state index in [9.17, 15) is 0 Å². The van der Waals surface area contributed by atoms with Gasteiger partial charge >= 0.3 is 0 Å². The Kier molecular flexibility index (Phi) is 3.11. The smallest absolute Gasteiger partial charge is 0.192 e. The van der Waals surface area contributed by atoms with Crippen molar-refractivity contribution in [1.82, 2.24) is 4.90 Å². The van der Waals surface area contributed by atoms with Crippen LogP contribution in [0.1, 0.15) is 10.9 Å². The second-order valence-electron chi connectivity index (χ2n) is 3.32. The van der Waals surface area contributed by atoms with Gasteiger partial charge in [-0.1, -0.05) is 6.08 Å². The molecule has 1 unspecified atom stereocenters. The van der Waals surface area contributed by atoms with E-state index in [4.69, 9.17) is 5.73 Å². The highest BCUT2D eigenvalue weighted by Crippen LogP contribution is 2.31. The molecule has 0 bridgehead atoms. The summed E-state index contributed by atoms with van der Waals surface area (Å²) in [6.45, 7) is 5.22. The lowest BCUT2D eigenvalue weighted by atomic mass is 10.2. The lowest BCUT2D eigenvalue weighted by Gasteiger charge is -2.23. The van der Waals surface area contributed by atoms with Gasteiger partial charge in [0, 0.05) is 21.3 Å². The first kappa shape index (κ1) is 10.7. The summed E-state index contributed by atoms with van der Waals surface area (Å²) in [5.41, 5.74) is 5.82. The van der Waals surface area contributed by atoms with Gasteiger partial charge in [0.15, 0.2) is 5.96 Å². The van der Waals surface area contributed by atoms with E-state index in [-0.39, 0.29) is 6.04 Å². The van der Waals surface area contributed by atoms with Crippen LogP contribution in [0.2, 0.25) is 0 Å². The number of aliphatic imine (C=N–C) groups is 1. The van der Waals surface area contributed by atoms with Gasteiger partial charge in [-0.2, -0.15) is 0 Å². The van der Waals surface area contributed by atoms with Gasteiger partial charge in [0.1, 0.15) is 0 Å². The molecule has 1 aromatic rings. The highest BCUT2D eigenvalue weighted by Gasteiger charge is 2.27. The van der Waals surface area contributed by atoms with E-state index in [1.807, 2.05) is 6.08 Å². The summed E-state index contributed by atoms with van der Waals surface area (Å²) in [4.78, 5) is 7.63. The van der Waals surface area contributed by atoms with E-state index in [0.29, 0.717) is 5.96 Å². The Labute approximate surface area is 101 Å². The van der Waals surface area contributed by atoms with Crippen molar-refractivity contribution in [2.24, 2.45) is 10.7 Å². The van der Waals surface area contributed by atoms with E-state index in [1.54, 1.807) is 11.3 Å². The topological polar surface area (TPSA) is 41.6 Å². The molecule has 2 rings (SSSR count). The van der Waals surface area contributed by atoms with E-state index < -0.39 is 0 Å². The summed E-state index contributed by atoms with van der Waals surface area (Å²) in [6.07, 6.45) is 1.85. The lowest BCUT2D eigenvalue weighted by Crippen LogP contribution is -2.35. The van der Waals surface area contributed by atoms with Crippen molar-refractivity contribution in [3.8, 4) is 0 Å². The molecule has 80 valence electrons. The van der Waals surface area contributed by atoms with Crippen LogP contribution in [0.15, 0.2) is 33.6 Å². The second kappa shape index (κ2) is 4.37. The van der Waals surface area contributed by atoms with Gasteiger partial charge in [-0.3, -0.25) is 4.99 Å². The Morgan fingerprint density at radius 3 is 3.20 bits per heavy atom. The minimum absolute atomic E-state index is 0.277. The first-order valence-corrected chi connectivity index (χ1v) is 6.31. The van der Waals surface area contributed by atoms with Crippen LogP contribution in [0.5, 0.6) is 0 Å². The molecule has 1 atom stereocenters. The molecule has 0 saturated heterocycles. The van der Waals surface area contributed by atoms with Crippen molar-refractivity contribution in [3.63, 3.8) is 0 Å². The molecule has 0 aromatic carbocycles. The molecule has 0 fully saturated rings. The summed E-state index contributed by atoms with van der Waals surface area (Å²) in [7, 11) is 0. The maximum atomic E-state index is 5.82. The Hall–Kier alpha value is -0.810. The highest BCUT2D eigenvalue weighted by atomic mass is 79.9. The first-order chi connectivity index (χ1) is 7.22. The number of halogens is 1. The van der Waals surface area contributed by atoms with Crippen LogP contribution in [0.3, 0.4) is 0 Å². The zero-order valence-electron chi connectivity index (χ0n) is 8.19. The number of nitrogens with zero attached hydrogens (tertiary/aromatic N) is 2. The highest BCUT2D eigenvalue weighted by molar-refractivity contribution is 9.10. The zero-order valence-corrected chi connectivity index (χ0v) is 10.6. The molecule has 0 spiro atoms. The summed E-state index contributed by atoms with van der Waals surface area (Å²) in [6, 6.07) is 2.40. The third-order valence-corrected chi connectivity index (χ3v) is 4.13. The number of rotatable bonds is 3. The maximum absolute atomic E-state index is 5.82. The molecular formula is C10H12BrN3S. The van der Waals surface area contributed by atoms with Crippen molar-refractivity contribution in [3.05, 3.63) is 33.5 Å². The van der Waals surface area contributed by atoms with Crippen LogP contribution < -0.4 is 5.73 Å². The van der Waals surface area contributed by atoms with Gasteiger partial charge in [-0.25, -0.2) is 0 Å². The fourth-order valence-electron chi connectivity index (χ4n) is 1.64. The molecule has 2 heterocycles. The standard InChI is InChI=1S/C10H12BrN3S/c1-2-3-14-8(5-13-10(14)12)9-4-7(11)6-15-9/h2,4,6,8H,1,3,5H2,(H2,12,13). The first-order valence-electron chi connectivity index (χ1n) is 4.63. The van der Waals surface area contributed by atoms with Gasteiger partial charge in [0.25, 0.3) is 0 Å². The second-order valence-corrected chi connectivity index (χ2v) is 5.18. The summed E-state index contributed by atoms with van der Waals surface area (Å²) in [5, 5.41) is 2.08. The molecule has 0 radical (unpaired) electrons. The van der Waals surface area contributed by atoms with Gasteiger partial charge in [0.05, 0.1) is 12.6 Å². The minimum Gasteiger partial charge on any atom is -0.370 e. The van der Waals surface area contributed by atoms with Crippen molar-refractivity contribution in [2.45, 2.75) is 6.04 Å². The average Bonchev–Trinajstić information content (AvgIpc) is 2.76. The molecule has 1 aliphatic rings. The average molecular weight is 286 g/mol. The van der Waals surface area contributed by atoms with Crippen LogP contribution in [-0.2, 0) is 0 Å². The predicted molar refractivity (Wildman–Crippen MR) is 68.2 cm³/mol. The Morgan fingerprint density at radius 1 is 1.80 bits per heavy atom. The van der Waals surface area contributed by atoms with Crippen LogP contribution in [0.25, 0.3) is 0 Å². The molecule has 1 aromatic heterocycles. The number of guanidine groups is 1. The molecule has 1 aliphatic heterocycles. The molecule has 0 aliphatic carbocycles. The van der Waals surface area contributed by atoms with Crippen molar-refractivity contribution in [2.75, 3.05) is 13.1 Å². The molecular weight excluding hydrogens is 274 g/mol. The molecule has 3 nitrogen and oxygen atoms in total. The van der Waals surface area contributed by atoms with Crippen LogP contribution in [0, 0.1) is 0 Å². The van der Waals surface area contributed by atoms with Crippen LogP contribution >= 0.6 is 27.3 Å². The molecule has 0 saturated carbocycles. The molecule has 2 N–H and O–H groups in total. The Morgan fingerprint density at radius 2 is 2.60 bits per heavy atom. The van der Waals surface area contributed by atoms with E-state index in [2.05, 4.69) is 43.8 Å². The fraction of sp³-hybridized carbons (Fsp3) is 0.300. The number of nitrogens with two attached hydrogens (primary N) is 1. The molecule has 5 heteroatoms. The zero-order chi connectivity index (χ0) is 10.8. The van der Waals surface area contributed by atoms with Gasteiger partial charge in [0.2, 0.25) is 0 Å². The van der Waals surface area contributed by atoms with E-state index >= 15 is 0 Å². The predicted octanol–water partition coefficient (Wildman–Crippen LogP) is 2.37. The van der Waals surface area contributed by atoms with Crippen LogP contribution in [0.4, 0.5) is 0 Å². The quantitative estimate of drug-likeness (QED) is 0.867. The third-order valence-electron chi connectivity index (χ3n) is 2.34. The van der Waals surface area contributed by atoms with Crippen molar-refractivity contribution >= 4 is 33.2 Å². The van der Waals surface area contributed by atoms with Crippen LogP contribution in [-0.4, -0.2) is 23.9 Å². The number of hydrogen-bond acceptors (Lipinski definition) is 4. The SMILES string of the molecule is C=CCN1C(N)=NCC1c1cc(Br)cs1. The fourth-order valence-corrected chi connectivity index (χ4v) is 3.18. The maximum Gasteiger partial charge on any atom is 0.192 e. The van der Waals surface area contributed by atoms with E-state index in [0.717, 1.165) is 17.6 Å². The number of thiophene rings is 1. The third kappa shape index (κ3) is 2.08. The minimum atomic E-state index is 0.277. The summed E-state index contributed by atoms with van der Waals surface area (Å²) < 4.78 is 1.12. The summed E-state index contributed by atoms with van der Waals surface area (Å²) in [5.74, 6) is 0.615. The van der Waals surface area contributed by atoms with Crippen molar-refractivity contribution < 1.29 is 0 Å². The summed E-state index contributed by atoms with van der Waals surface area (Å²) >= 11 is 5.18. The van der Waals surface area contributed by atoms with Gasteiger partial charge in [-0.05, 0) is 22.0 Å².